The smallest absolute Gasteiger partial charge is 0.332 e. The van der Waals surface area contributed by atoms with Gasteiger partial charge in [-0.05, 0) is 12.8 Å². The van der Waals surface area contributed by atoms with E-state index in [1.54, 1.807) is 17.8 Å². The van der Waals surface area contributed by atoms with Gasteiger partial charge in [0.15, 0.2) is 5.54 Å². The molecule has 1 saturated heterocycles. The highest BCUT2D eigenvalue weighted by Gasteiger charge is 2.50. The van der Waals surface area contributed by atoms with Crippen molar-refractivity contribution in [2.45, 2.75) is 18.4 Å². The Morgan fingerprint density at radius 1 is 1.58 bits per heavy atom. The van der Waals surface area contributed by atoms with Gasteiger partial charge in [0.2, 0.25) is 0 Å². The highest BCUT2D eigenvalue weighted by atomic mass is 16.5. The minimum Gasteiger partial charge on any atom is -0.479 e. The normalized spacial score (nSPS) is 22.7. The van der Waals surface area contributed by atoms with Gasteiger partial charge in [-0.15, -0.1) is 0 Å². The molecular formula is C12H17N3O4. The molecule has 2 heterocycles. The minimum absolute atomic E-state index is 0.0130. The quantitative estimate of drug-likeness (QED) is 0.838. The Labute approximate surface area is 110 Å². The van der Waals surface area contributed by atoms with Crippen molar-refractivity contribution in [1.82, 2.24) is 14.5 Å². The van der Waals surface area contributed by atoms with Gasteiger partial charge in [0, 0.05) is 26.9 Å². The standard InChI is InChI=1S/C12H17N3O4/c1-14-6-9(13-8-14)10(16)15-5-3-4-12(15,7-19-2)11(17)18/h6,8H,3-5,7H2,1-2H3,(H,17,18). The van der Waals surface area contributed by atoms with Crippen LogP contribution in [0.4, 0.5) is 0 Å². The van der Waals surface area contributed by atoms with Crippen molar-refractivity contribution in [3.8, 4) is 0 Å². The first kappa shape index (κ1) is 13.5. The summed E-state index contributed by atoms with van der Waals surface area (Å²) in [7, 11) is 3.19. The summed E-state index contributed by atoms with van der Waals surface area (Å²) in [6.07, 6.45) is 4.14. The zero-order valence-corrected chi connectivity index (χ0v) is 11.0. The minimum atomic E-state index is -1.27. The van der Waals surface area contributed by atoms with Crippen LogP contribution in [0.1, 0.15) is 23.3 Å². The van der Waals surface area contributed by atoms with Gasteiger partial charge in [0.1, 0.15) is 5.69 Å². The Balaban J connectivity index is 2.31. The number of aryl methyl sites for hydroxylation is 1. The van der Waals surface area contributed by atoms with E-state index in [0.29, 0.717) is 19.4 Å². The Morgan fingerprint density at radius 2 is 2.32 bits per heavy atom. The lowest BCUT2D eigenvalue weighted by atomic mass is 9.97. The van der Waals surface area contributed by atoms with Crippen LogP contribution in [0.5, 0.6) is 0 Å². The van der Waals surface area contributed by atoms with Crippen molar-refractivity contribution in [3.63, 3.8) is 0 Å². The number of carboxylic acids is 1. The number of hydrogen-bond donors (Lipinski definition) is 1. The summed E-state index contributed by atoms with van der Waals surface area (Å²) < 4.78 is 6.67. The molecule has 1 atom stereocenters. The number of carbonyl (C=O) groups excluding carboxylic acids is 1. The van der Waals surface area contributed by atoms with E-state index in [1.807, 2.05) is 0 Å². The third-order valence-corrected chi connectivity index (χ3v) is 3.44. The lowest BCUT2D eigenvalue weighted by molar-refractivity contribution is -0.151. The average Bonchev–Trinajstić information content (AvgIpc) is 2.96. The Kier molecular flexibility index (Phi) is 3.57. The van der Waals surface area contributed by atoms with Gasteiger partial charge in [-0.2, -0.15) is 0 Å². The summed E-state index contributed by atoms with van der Waals surface area (Å²) in [6, 6.07) is 0. The Hall–Kier alpha value is -1.89. The van der Waals surface area contributed by atoms with E-state index in [0.717, 1.165) is 0 Å². The second-order valence-electron chi connectivity index (χ2n) is 4.75. The van der Waals surface area contributed by atoms with Crippen LogP contribution in [0.25, 0.3) is 0 Å². The molecule has 1 aromatic rings. The first-order chi connectivity index (χ1) is 9.01. The third kappa shape index (κ3) is 2.21. The van der Waals surface area contributed by atoms with Gasteiger partial charge in [-0.3, -0.25) is 4.79 Å². The van der Waals surface area contributed by atoms with Gasteiger partial charge in [0.25, 0.3) is 5.91 Å². The lowest BCUT2D eigenvalue weighted by Gasteiger charge is -2.33. The van der Waals surface area contributed by atoms with Crippen molar-refractivity contribution >= 4 is 11.9 Å². The number of imidazole rings is 1. The molecule has 0 saturated carbocycles. The second kappa shape index (κ2) is 5.00. The summed E-state index contributed by atoms with van der Waals surface area (Å²) in [5.41, 5.74) is -1.02. The predicted molar refractivity (Wildman–Crippen MR) is 65.7 cm³/mol. The van der Waals surface area contributed by atoms with Gasteiger partial charge in [-0.25, -0.2) is 9.78 Å². The molecule has 0 aliphatic carbocycles. The number of rotatable bonds is 4. The number of carbonyl (C=O) groups is 2. The van der Waals surface area contributed by atoms with Crippen molar-refractivity contribution in [2.75, 3.05) is 20.3 Å². The van der Waals surface area contributed by atoms with Crippen LogP contribution in [-0.4, -0.2) is 57.2 Å². The summed E-state index contributed by atoms with van der Waals surface area (Å²) >= 11 is 0. The van der Waals surface area contributed by atoms with Crippen LogP contribution in [-0.2, 0) is 16.6 Å². The molecule has 1 aliphatic heterocycles. The fraction of sp³-hybridized carbons (Fsp3) is 0.583. The van der Waals surface area contributed by atoms with E-state index in [9.17, 15) is 14.7 Å². The van der Waals surface area contributed by atoms with Crippen molar-refractivity contribution in [2.24, 2.45) is 7.05 Å². The van der Waals surface area contributed by atoms with Gasteiger partial charge in [0.05, 0.1) is 12.9 Å². The largest absolute Gasteiger partial charge is 0.479 e. The highest BCUT2D eigenvalue weighted by Crippen LogP contribution is 2.31. The van der Waals surface area contributed by atoms with Crippen molar-refractivity contribution < 1.29 is 19.4 Å². The number of ether oxygens (including phenoxy) is 1. The summed E-state index contributed by atoms with van der Waals surface area (Å²) in [5, 5.41) is 9.47. The van der Waals surface area contributed by atoms with Crippen molar-refractivity contribution in [1.29, 1.82) is 0 Å². The number of aliphatic carboxylic acids is 1. The van der Waals surface area contributed by atoms with E-state index in [-0.39, 0.29) is 18.2 Å². The SMILES string of the molecule is COCC1(C(=O)O)CCCN1C(=O)c1cn(C)cn1. The number of aromatic nitrogens is 2. The van der Waals surface area contributed by atoms with E-state index in [4.69, 9.17) is 4.74 Å². The number of carboxylic acid groups (broad SMARTS) is 1. The Bertz CT molecular complexity index is 499. The first-order valence-corrected chi connectivity index (χ1v) is 6.03. The zero-order chi connectivity index (χ0) is 14.0. The second-order valence-corrected chi connectivity index (χ2v) is 4.75. The van der Waals surface area contributed by atoms with Gasteiger partial charge in [-0.1, -0.05) is 0 Å². The van der Waals surface area contributed by atoms with Crippen LogP contribution < -0.4 is 0 Å². The molecule has 2 rings (SSSR count). The van der Waals surface area contributed by atoms with Crippen LogP contribution in [0.2, 0.25) is 0 Å². The maximum Gasteiger partial charge on any atom is 0.332 e. The van der Waals surface area contributed by atoms with Gasteiger partial charge >= 0.3 is 5.97 Å². The fourth-order valence-electron chi connectivity index (χ4n) is 2.51. The maximum absolute atomic E-state index is 12.4. The molecule has 0 aromatic carbocycles. The zero-order valence-electron chi connectivity index (χ0n) is 11.0. The number of amides is 1. The molecule has 1 N–H and O–H groups in total. The topological polar surface area (TPSA) is 84.7 Å². The lowest BCUT2D eigenvalue weighted by Crippen LogP contribution is -2.56. The molecule has 7 heteroatoms. The number of hydrogen-bond acceptors (Lipinski definition) is 4. The molecule has 1 fully saturated rings. The maximum atomic E-state index is 12.4. The summed E-state index contributed by atoms with van der Waals surface area (Å²) in [6.45, 7) is 0.395. The fourth-order valence-corrected chi connectivity index (χ4v) is 2.51. The van der Waals surface area contributed by atoms with Crippen LogP contribution in [0.3, 0.4) is 0 Å². The van der Waals surface area contributed by atoms with Crippen LogP contribution in [0, 0.1) is 0 Å². The molecule has 0 spiro atoms. The van der Waals surface area contributed by atoms with Crippen LogP contribution in [0.15, 0.2) is 12.5 Å². The molecule has 1 unspecified atom stereocenters. The molecule has 19 heavy (non-hydrogen) atoms. The highest BCUT2D eigenvalue weighted by molar-refractivity contribution is 5.96. The number of nitrogens with zero attached hydrogens (tertiary/aromatic N) is 3. The molecule has 1 aliphatic rings. The molecule has 7 nitrogen and oxygen atoms in total. The Morgan fingerprint density at radius 3 is 2.84 bits per heavy atom. The van der Waals surface area contributed by atoms with E-state index in [2.05, 4.69) is 4.98 Å². The van der Waals surface area contributed by atoms with E-state index >= 15 is 0 Å². The molecule has 1 amide bonds. The number of methoxy groups -OCH3 is 1. The monoisotopic (exact) mass is 267 g/mol. The molecular weight excluding hydrogens is 250 g/mol. The predicted octanol–water partition coefficient (Wildman–Crippen LogP) is 0.126. The average molecular weight is 267 g/mol. The molecule has 0 radical (unpaired) electrons. The van der Waals surface area contributed by atoms with E-state index < -0.39 is 11.5 Å². The summed E-state index contributed by atoms with van der Waals surface area (Å²) in [5.74, 6) is -1.39. The first-order valence-electron chi connectivity index (χ1n) is 6.03. The van der Waals surface area contributed by atoms with Crippen LogP contribution >= 0.6 is 0 Å². The van der Waals surface area contributed by atoms with Crippen molar-refractivity contribution in [3.05, 3.63) is 18.2 Å². The molecule has 1 aromatic heterocycles. The third-order valence-electron chi connectivity index (χ3n) is 3.44. The number of likely N-dealkylation sites (tertiary alicyclic amines) is 1. The molecule has 104 valence electrons. The van der Waals surface area contributed by atoms with Gasteiger partial charge < -0.3 is 19.3 Å². The molecule has 0 bridgehead atoms. The summed E-state index contributed by atoms with van der Waals surface area (Å²) in [4.78, 5) is 29.3. The van der Waals surface area contributed by atoms with E-state index in [1.165, 1.54) is 18.3 Å².